The van der Waals surface area contributed by atoms with E-state index in [1.165, 1.54) is 6.42 Å². The van der Waals surface area contributed by atoms with Crippen LogP contribution >= 0.6 is 0 Å². The third kappa shape index (κ3) is 3.84. The number of aryl methyl sites for hydroxylation is 1. The minimum Gasteiger partial charge on any atom is -0.382 e. The first-order valence-electron chi connectivity index (χ1n) is 6.77. The van der Waals surface area contributed by atoms with Crippen molar-refractivity contribution in [2.75, 3.05) is 11.9 Å². The van der Waals surface area contributed by atoms with E-state index < -0.39 is 0 Å². The Hall–Kier alpha value is -1.35. The van der Waals surface area contributed by atoms with E-state index in [4.69, 9.17) is 11.1 Å². The monoisotopic (exact) mass is 247 g/mol. The second-order valence-corrected chi connectivity index (χ2v) is 4.77. The maximum absolute atomic E-state index is 7.95. The van der Waals surface area contributed by atoms with Crippen LogP contribution in [0.1, 0.15) is 44.2 Å². The number of anilines is 1. The Bertz CT molecular complexity index is 399. The van der Waals surface area contributed by atoms with Crippen molar-refractivity contribution < 1.29 is 0 Å². The number of nitrogens with two attached hydrogens (primary N) is 1. The van der Waals surface area contributed by atoms with Gasteiger partial charge in [-0.1, -0.05) is 31.9 Å². The lowest BCUT2D eigenvalue weighted by atomic mass is 10.0. The van der Waals surface area contributed by atoms with Crippen LogP contribution in [0.4, 0.5) is 5.69 Å². The topological polar surface area (TPSA) is 61.9 Å². The number of hydrogen-bond donors (Lipinski definition) is 3. The van der Waals surface area contributed by atoms with Crippen LogP contribution in [0.15, 0.2) is 18.2 Å². The Morgan fingerprint density at radius 3 is 2.67 bits per heavy atom. The molecule has 1 rings (SSSR count). The first-order chi connectivity index (χ1) is 8.62. The minimum absolute atomic E-state index is 0.280. The summed E-state index contributed by atoms with van der Waals surface area (Å²) in [7, 11) is 0. The largest absolute Gasteiger partial charge is 0.382 e. The molecule has 1 unspecified atom stereocenters. The van der Waals surface area contributed by atoms with Gasteiger partial charge in [-0.2, -0.15) is 0 Å². The molecule has 0 aliphatic heterocycles. The zero-order chi connectivity index (χ0) is 13.5. The van der Waals surface area contributed by atoms with Gasteiger partial charge in [0.2, 0.25) is 0 Å². The molecule has 0 heterocycles. The summed E-state index contributed by atoms with van der Waals surface area (Å²) < 4.78 is 0. The van der Waals surface area contributed by atoms with Gasteiger partial charge in [0.25, 0.3) is 0 Å². The fourth-order valence-corrected chi connectivity index (χ4v) is 2.09. The lowest BCUT2D eigenvalue weighted by Gasteiger charge is -2.20. The van der Waals surface area contributed by atoms with Gasteiger partial charge in [0.15, 0.2) is 0 Å². The molecule has 0 saturated heterocycles. The molecule has 0 amide bonds. The van der Waals surface area contributed by atoms with Gasteiger partial charge >= 0.3 is 0 Å². The second-order valence-electron chi connectivity index (χ2n) is 4.77. The highest BCUT2D eigenvalue weighted by Crippen LogP contribution is 2.20. The molecule has 0 aromatic heterocycles. The van der Waals surface area contributed by atoms with Crippen molar-refractivity contribution in [3.8, 4) is 0 Å². The van der Waals surface area contributed by atoms with E-state index in [2.05, 4.69) is 31.3 Å². The molecule has 0 aliphatic carbocycles. The highest BCUT2D eigenvalue weighted by molar-refractivity contribution is 6.04. The summed E-state index contributed by atoms with van der Waals surface area (Å²) in [5.41, 5.74) is 9.23. The van der Waals surface area contributed by atoms with Crippen LogP contribution < -0.4 is 11.1 Å². The van der Waals surface area contributed by atoms with Crippen LogP contribution in [-0.2, 0) is 0 Å². The molecule has 3 nitrogen and oxygen atoms in total. The Labute approximate surface area is 110 Å². The van der Waals surface area contributed by atoms with Gasteiger partial charge in [0.05, 0.1) is 5.71 Å². The third-order valence-corrected chi connectivity index (χ3v) is 3.19. The van der Waals surface area contributed by atoms with Crippen molar-refractivity contribution >= 4 is 11.4 Å². The fourth-order valence-electron chi connectivity index (χ4n) is 2.09. The maximum atomic E-state index is 7.95. The summed E-state index contributed by atoms with van der Waals surface area (Å²) in [6.45, 7) is 6.71. The number of hydrogen-bond acceptors (Lipinski definition) is 3. The van der Waals surface area contributed by atoms with Crippen LogP contribution in [-0.4, -0.2) is 18.3 Å². The second kappa shape index (κ2) is 7.17. The molecule has 4 N–H and O–H groups in total. The fraction of sp³-hybridized carbons (Fsp3) is 0.533. The molecule has 1 atom stereocenters. The van der Waals surface area contributed by atoms with Gasteiger partial charge in [-0.3, -0.25) is 0 Å². The van der Waals surface area contributed by atoms with Crippen molar-refractivity contribution in [2.24, 2.45) is 5.73 Å². The van der Waals surface area contributed by atoms with Gasteiger partial charge in [-0.25, -0.2) is 0 Å². The van der Waals surface area contributed by atoms with Crippen LogP contribution in [0.25, 0.3) is 0 Å². The smallest absolute Gasteiger partial charge is 0.0542 e. The Balaban J connectivity index is 2.96. The first kappa shape index (κ1) is 14.7. The molecule has 0 spiro atoms. The van der Waals surface area contributed by atoms with Gasteiger partial charge in [-0.05, 0) is 31.9 Å². The molecule has 0 fully saturated rings. The summed E-state index contributed by atoms with van der Waals surface area (Å²) in [6, 6.07) is 6.65. The highest BCUT2D eigenvalue weighted by atomic mass is 14.9. The molecular formula is C15H25N3. The summed E-state index contributed by atoms with van der Waals surface area (Å²) >= 11 is 0. The van der Waals surface area contributed by atoms with E-state index in [-0.39, 0.29) is 6.54 Å². The molecule has 1 aromatic rings. The Kier molecular flexibility index (Phi) is 5.86. The zero-order valence-corrected chi connectivity index (χ0v) is 11.7. The third-order valence-electron chi connectivity index (χ3n) is 3.19. The molecule has 3 heteroatoms. The molecule has 0 radical (unpaired) electrons. The van der Waals surface area contributed by atoms with Gasteiger partial charge in [-0.15, -0.1) is 0 Å². The molecule has 0 bridgehead atoms. The quantitative estimate of drug-likeness (QED) is 0.647. The normalized spacial score (nSPS) is 12.2. The number of rotatable bonds is 7. The lowest BCUT2D eigenvalue weighted by Crippen LogP contribution is -2.22. The summed E-state index contributed by atoms with van der Waals surface area (Å²) in [5.74, 6) is 0. The standard InChI is InChI=1S/C15H25N3/c1-4-6-12(5-2)18-15-8-7-11(3)9-13(15)14(17)10-16/h7-9,12,17-18H,4-6,10,16H2,1-3H3. The van der Waals surface area contributed by atoms with Crippen LogP contribution in [0.2, 0.25) is 0 Å². The van der Waals surface area contributed by atoms with Crippen LogP contribution in [0.3, 0.4) is 0 Å². The highest BCUT2D eigenvalue weighted by Gasteiger charge is 2.11. The van der Waals surface area contributed by atoms with Gasteiger partial charge in [0, 0.05) is 23.8 Å². The average molecular weight is 247 g/mol. The molecule has 0 saturated carbocycles. The Morgan fingerprint density at radius 2 is 2.11 bits per heavy atom. The van der Waals surface area contributed by atoms with E-state index in [9.17, 15) is 0 Å². The zero-order valence-electron chi connectivity index (χ0n) is 11.7. The van der Waals surface area contributed by atoms with Gasteiger partial charge in [0.1, 0.15) is 0 Å². The molecular weight excluding hydrogens is 222 g/mol. The number of nitrogens with one attached hydrogen (secondary N) is 2. The van der Waals surface area contributed by atoms with E-state index in [0.717, 1.165) is 29.7 Å². The molecule has 100 valence electrons. The predicted octanol–water partition coefficient (Wildman–Crippen LogP) is 3.31. The van der Waals surface area contributed by atoms with E-state index >= 15 is 0 Å². The molecule has 18 heavy (non-hydrogen) atoms. The lowest BCUT2D eigenvalue weighted by molar-refractivity contribution is 0.622. The average Bonchev–Trinajstić information content (AvgIpc) is 2.39. The van der Waals surface area contributed by atoms with Crippen LogP contribution in [0, 0.1) is 12.3 Å². The van der Waals surface area contributed by atoms with Gasteiger partial charge < -0.3 is 16.5 Å². The minimum atomic E-state index is 0.280. The number of benzene rings is 1. The SMILES string of the molecule is CCCC(CC)Nc1ccc(C)cc1C(=N)CN. The first-order valence-corrected chi connectivity index (χ1v) is 6.77. The molecule has 0 aliphatic rings. The maximum Gasteiger partial charge on any atom is 0.0542 e. The predicted molar refractivity (Wildman–Crippen MR) is 79.7 cm³/mol. The summed E-state index contributed by atoms with van der Waals surface area (Å²) in [6.07, 6.45) is 3.41. The van der Waals surface area contributed by atoms with Crippen molar-refractivity contribution in [2.45, 2.75) is 46.1 Å². The van der Waals surface area contributed by atoms with Crippen molar-refractivity contribution in [1.82, 2.24) is 0 Å². The van der Waals surface area contributed by atoms with Crippen molar-refractivity contribution in [1.29, 1.82) is 5.41 Å². The van der Waals surface area contributed by atoms with Crippen LogP contribution in [0.5, 0.6) is 0 Å². The van der Waals surface area contributed by atoms with Crippen molar-refractivity contribution in [3.63, 3.8) is 0 Å². The van der Waals surface area contributed by atoms with E-state index in [1.807, 2.05) is 13.0 Å². The summed E-state index contributed by atoms with van der Waals surface area (Å²) in [5, 5.41) is 11.5. The summed E-state index contributed by atoms with van der Waals surface area (Å²) in [4.78, 5) is 0. The van der Waals surface area contributed by atoms with Crippen molar-refractivity contribution in [3.05, 3.63) is 29.3 Å². The Morgan fingerprint density at radius 1 is 1.39 bits per heavy atom. The van der Waals surface area contributed by atoms with E-state index in [1.54, 1.807) is 0 Å². The van der Waals surface area contributed by atoms with E-state index in [0.29, 0.717) is 11.8 Å². The molecule has 1 aromatic carbocycles.